The maximum atomic E-state index is 12.3. The number of carboxylic acid groups (broad SMARTS) is 1. The number of hydrogen-bond donors (Lipinski definition) is 1. The molecule has 1 saturated heterocycles. The van der Waals surface area contributed by atoms with Gasteiger partial charge in [0, 0.05) is 12.6 Å². The SMILES string of the molecule is CC1CS(=O)(=O)CCN1C(=O)Cc1ccccc1C(=O)O. The highest BCUT2D eigenvalue weighted by atomic mass is 32.2. The summed E-state index contributed by atoms with van der Waals surface area (Å²) in [5.41, 5.74) is 0.541. The Hall–Kier alpha value is -1.89. The van der Waals surface area contributed by atoms with Gasteiger partial charge in [-0.2, -0.15) is 0 Å². The first-order valence-electron chi connectivity index (χ1n) is 6.61. The third-order valence-electron chi connectivity index (χ3n) is 3.58. The van der Waals surface area contributed by atoms with E-state index in [1.54, 1.807) is 25.1 Å². The molecule has 1 N–H and O–H groups in total. The molecule has 0 aromatic heterocycles. The topological polar surface area (TPSA) is 91.8 Å². The maximum absolute atomic E-state index is 12.3. The van der Waals surface area contributed by atoms with E-state index in [0.29, 0.717) is 5.56 Å². The van der Waals surface area contributed by atoms with Crippen LogP contribution in [-0.4, -0.2) is 54.4 Å². The van der Waals surface area contributed by atoms with E-state index in [1.807, 2.05) is 0 Å². The summed E-state index contributed by atoms with van der Waals surface area (Å²) >= 11 is 0. The molecule has 2 rings (SSSR count). The molecule has 1 aromatic rings. The number of amides is 1. The average Bonchev–Trinajstić information content (AvgIpc) is 2.37. The van der Waals surface area contributed by atoms with Gasteiger partial charge in [-0.05, 0) is 18.6 Å². The molecule has 6 nitrogen and oxygen atoms in total. The van der Waals surface area contributed by atoms with Gasteiger partial charge in [0.05, 0.1) is 23.5 Å². The van der Waals surface area contributed by atoms with Crippen LogP contribution in [0.5, 0.6) is 0 Å². The molecular weight excluding hydrogens is 294 g/mol. The summed E-state index contributed by atoms with van der Waals surface area (Å²) < 4.78 is 23.0. The van der Waals surface area contributed by atoms with Gasteiger partial charge in [-0.15, -0.1) is 0 Å². The molecule has 1 heterocycles. The van der Waals surface area contributed by atoms with E-state index in [9.17, 15) is 18.0 Å². The zero-order valence-electron chi connectivity index (χ0n) is 11.7. The minimum atomic E-state index is -3.08. The Balaban J connectivity index is 2.14. The zero-order chi connectivity index (χ0) is 15.6. The van der Waals surface area contributed by atoms with Crippen molar-refractivity contribution in [3.05, 3.63) is 35.4 Å². The van der Waals surface area contributed by atoms with Crippen LogP contribution in [-0.2, 0) is 21.1 Å². The lowest BCUT2D eigenvalue weighted by molar-refractivity contribution is -0.131. The second kappa shape index (κ2) is 5.85. The summed E-state index contributed by atoms with van der Waals surface area (Å²) in [7, 11) is -3.08. The van der Waals surface area contributed by atoms with Crippen LogP contribution in [0, 0.1) is 0 Å². The number of benzene rings is 1. The number of carboxylic acids is 1. The van der Waals surface area contributed by atoms with Crippen molar-refractivity contribution in [2.45, 2.75) is 19.4 Å². The maximum Gasteiger partial charge on any atom is 0.335 e. The molecule has 0 bridgehead atoms. The van der Waals surface area contributed by atoms with Crippen LogP contribution >= 0.6 is 0 Å². The second-order valence-corrected chi connectivity index (χ2v) is 7.42. The fourth-order valence-electron chi connectivity index (χ4n) is 2.52. The van der Waals surface area contributed by atoms with E-state index in [4.69, 9.17) is 5.11 Å². The minimum absolute atomic E-state index is 0.0349. The van der Waals surface area contributed by atoms with Crippen LogP contribution in [0.25, 0.3) is 0 Å². The van der Waals surface area contributed by atoms with Gasteiger partial charge in [0.2, 0.25) is 5.91 Å². The monoisotopic (exact) mass is 311 g/mol. The summed E-state index contributed by atoms with van der Waals surface area (Å²) in [6, 6.07) is 5.96. The van der Waals surface area contributed by atoms with Gasteiger partial charge in [0.15, 0.2) is 9.84 Å². The van der Waals surface area contributed by atoms with Gasteiger partial charge < -0.3 is 10.0 Å². The molecule has 0 saturated carbocycles. The first-order valence-corrected chi connectivity index (χ1v) is 8.43. The van der Waals surface area contributed by atoms with Crippen LogP contribution in [0.2, 0.25) is 0 Å². The summed E-state index contributed by atoms with van der Waals surface area (Å²) in [6.07, 6.45) is -0.0349. The Labute approximate surface area is 123 Å². The van der Waals surface area contributed by atoms with Crippen molar-refractivity contribution >= 4 is 21.7 Å². The summed E-state index contributed by atoms with van der Waals surface area (Å²) in [5.74, 6) is -1.40. The Morgan fingerprint density at radius 3 is 2.62 bits per heavy atom. The smallest absolute Gasteiger partial charge is 0.335 e. The molecule has 114 valence electrons. The van der Waals surface area contributed by atoms with Crippen LogP contribution in [0.15, 0.2) is 24.3 Å². The number of sulfone groups is 1. The van der Waals surface area contributed by atoms with E-state index < -0.39 is 15.8 Å². The van der Waals surface area contributed by atoms with E-state index >= 15 is 0 Å². The summed E-state index contributed by atoms with van der Waals surface area (Å²) in [4.78, 5) is 24.9. The second-order valence-electron chi connectivity index (χ2n) is 5.19. The largest absolute Gasteiger partial charge is 0.478 e. The van der Waals surface area contributed by atoms with Gasteiger partial charge in [-0.25, -0.2) is 13.2 Å². The highest BCUT2D eigenvalue weighted by Gasteiger charge is 2.31. The molecule has 0 radical (unpaired) electrons. The molecule has 0 aliphatic carbocycles. The van der Waals surface area contributed by atoms with Gasteiger partial charge in [-0.3, -0.25) is 4.79 Å². The van der Waals surface area contributed by atoms with Crippen molar-refractivity contribution < 1.29 is 23.1 Å². The lowest BCUT2D eigenvalue weighted by Crippen LogP contribution is -2.50. The molecule has 1 aliphatic rings. The lowest BCUT2D eigenvalue weighted by Gasteiger charge is -2.33. The molecule has 1 fully saturated rings. The van der Waals surface area contributed by atoms with Crippen LogP contribution in [0.1, 0.15) is 22.8 Å². The molecule has 1 atom stereocenters. The van der Waals surface area contributed by atoms with Gasteiger partial charge >= 0.3 is 5.97 Å². The normalized spacial score (nSPS) is 21.0. The average molecular weight is 311 g/mol. The van der Waals surface area contributed by atoms with Gasteiger partial charge in [0.25, 0.3) is 0 Å². The van der Waals surface area contributed by atoms with Gasteiger partial charge in [0.1, 0.15) is 0 Å². The van der Waals surface area contributed by atoms with Crippen molar-refractivity contribution in [3.63, 3.8) is 0 Å². The van der Waals surface area contributed by atoms with Crippen molar-refractivity contribution in [1.29, 1.82) is 0 Å². The lowest BCUT2D eigenvalue weighted by atomic mass is 10.0. The van der Waals surface area contributed by atoms with E-state index in [1.165, 1.54) is 11.0 Å². The molecule has 1 amide bonds. The molecule has 1 unspecified atom stereocenters. The predicted octanol–water partition coefficient (Wildman–Crippen LogP) is 0.573. The van der Waals surface area contributed by atoms with Crippen LogP contribution in [0.3, 0.4) is 0 Å². The van der Waals surface area contributed by atoms with Gasteiger partial charge in [-0.1, -0.05) is 18.2 Å². The predicted molar refractivity (Wildman–Crippen MR) is 76.9 cm³/mol. The third kappa shape index (κ3) is 3.60. The molecule has 21 heavy (non-hydrogen) atoms. The number of rotatable bonds is 3. The number of nitrogens with zero attached hydrogens (tertiary/aromatic N) is 1. The Kier molecular flexibility index (Phi) is 4.32. The first-order chi connectivity index (χ1) is 9.80. The highest BCUT2D eigenvalue weighted by molar-refractivity contribution is 7.91. The van der Waals surface area contributed by atoms with Crippen LogP contribution in [0.4, 0.5) is 0 Å². The van der Waals surface area contributed by atoms with E-state index in [-0.39, 0.29) is 42.0 Å². The fraction of sp³-hybridized carbons (Fsp3) is 0.429. The number of carbonyl (C=O) groups is 2. The standard InChI is InChI=1S/C14H17NO5S/c1-10-9-21(19,20)7-6-15(10)13(16)8-11-4-2-3-5-12(11)14(17)18/h2-5,10H,6-9H2,1H3,(H,17,18). The van der Waals surface area contributed by atoms with Crippen LogP contribution < -0.4 is 0 Å². The Bertz CT molecular complexity index is 668. The number of aromatic carboxylic acids is 1. The summed E-state index contributed by atoms with van der Waals surface area (Å²) in [6.45, 7) is 1.86. The quantitative estimate of drug-likeness (QED) is 0.881. The zero-order valence-corrected chi connectivity index (χ0v) is 12.5. The fourth-order valence-corrected chi connectivity index (χ4v) is 4.07. The third-order valence-corrected chi connectivity index (χ3v) is 5.38. The minimum Gasteiger partial charge on any atom is -0.478 e. The molecule has 1 aromatic carbocycles. The van der Waals surface area contributed by atoms with E-state index in [2.05, 4.69) is 0 Å². The molecule has 7 heteroatoms. The van der Waals surface area contributed by atoms with Crippen molar-refractivity contribution in [2.24, 2.45) is 0 Å². The van der Waals surface area contributed by atoms with Crippen molar-refractivity contribution in [2.75, 3.05) is 18.1 Å². The molecular formula is C14H17NO5S. The van der Waals surface area contributed by atoms with Crippen molar-refractivity contribution in [1.82, 2.24) is 4.90 Å². The van der Waals surface area contributed by atoms with Crippen molar-refractivity contribution in [3.8, 4) is 0 Å². The molecule has 1 aliphatic heterocycles. The number of hydrogen-bond acceptors (Lipinski definition) is 4. The molecule has 0 spiro atoms. The summed E-state index contributed by atoms with van der Waals surface area (Å²) in [5, 5.41) is 9.11. The Morgan fingerprint density at radius 2 is 2.00 bits per heavy atom. The first kappa shape index (κ1) is 15.5. The highest BCUT2D eigenvalue weighted by Crippen LogP contribution is 2.16. The van der Waals surface area contributed by atoms with E-state index in [0.717, 1.165) is 0 Å². The Morgan fingerprint density at radius 1 is 1.33 bits per heavy atom. The number of carbonyl (C=O) groups excluding carboxylic acids is 1.